The Hall–Kier alpha value is -0.650. The van der Waals surface area contributed by atoms with Gasteiger partial charge in [0.15, 0.2) is 0 Å². The van der Waals surface area contributed by atoms with Gasteiger partial charge in [0.1, 0.15) is 0 Å². The summed E-state index contributed by atoms with van der Waals surface area (Å²) in [5, 5.41) is 0. The zero-order chi connectivity index (χ0) is 13.0. The summed E-state index contributed by atoms with van der Waals surface area (Å²) in [5.41, 5.74) is 5.45. The van der Waals surface area contributed by atoms with Crippen LogP contribution in [0, 0.1) is 5.92 Å². The Morgan fingerprint density at radius 1 is 1.39 bits per heavy atom. The number of morpholine rings is 1. The van der Waals surface area contributed by atoms with Crippen molar-refractivity contribution >= 4 is 5.91 Å². The first-order chi connectivity index (χ1) is 8.70. The first-order valence-electron chi connectivity index (χ1n) is 7.04. The molecule has 0 unspecified atom stereocenters. The lowest BCUT2D eigenvalue weighted by Crippen LogP contribution is -2.44. The van der Waals surface area contributed by atoms with Gasteiger partial charge in [-0.25, -0.2) is 0 Å². The molecule has 2 saturated heterocycles. The van der Waals surface area contributed by atoms with E-state index in [-0.39, 0.29) is 11.9 Å². The second kappa shape index (κ2) is 6.50. The Kier molecular flexibility index (Phi) is 4.97. The van der Waals surface area contributed by atoms with E-state index in [1.165, 1.54) is 6.42 Å². The van der Waals surface area contributed by atoms with Crippen LogP contribution < -0.4 is 5.73 Å². The Balaban J connectivity index is 1.78. The van der Waals surface area contributed by atoms with Gasteiger partial charge in [0.25, 0.3) is 0 Å². The normalized spacial score (nSPS) is 28.4. The molecule has 0 spiro atoms. The van der Waals surface area contributed by atoms with Crippen LogP contribution in [0.4, 0.5) is 0 Å². The molecule has 5 nitrogen and oxygen atoms in total. The van der Waals surface area contributed by atoms with Gasteiger partial charge < -0.3 is 10.5 Å². The molecule has 0 saturated carbocycles. The molecule has 2 N–H and O–H groups in total. The lowest BCUT2D eigenvalue weighted by atomic mass is 10.1. The maximum absolute atomic E-state index is 11.4. The lowest BCUT2D eigenvalue weighted by molar-refractivity contribution is -0.123. The van der Waals surface area contributed by atoms with Crippen LogP contribution in [0.25, 0.3) is 0 Å². The second-order valence-electron chi connectivity index (χ2n) is 5.39. The monoisotopic (exact) mass is 255 g/mol. The van der Waals surface area contributed by atoms with Gasteiger partial charge in [0, 0.05) is 26.2 Å². The molecule has 2 rings (SSSR count). The summed E-state index contributed by atoms with van der Waals surface area (Å²) in [7, 11) is 0. The highest BCUT2D eigenvalue weighted by Gasteiger charge is 2.31. The van der Waals surface area contributed by atoms with Crippen LogP contribution in [0.2, 0.25) is 0 Å². The highest BCUT2D eigenvalue weighted by atomic mass is 16.5. The van der Waals surface area contributed by atoms with Crippen LogP contribution in [-0.2, 0) is 9.53 Å². The molecule has 2 aliphatic heterocycles. The van der Waals surface area contributed by atoms with Gasteiger partial charge in [-0.1, -0.05) is 6.92 Å². The third-order valence-corrected chi connectivity index (χ3v) is 4.09. The van der Waals surface area contributed by atoms with E-state index in [2.05, 4.69) is 9.80 Å². The lowest BCUT2D eigenvalue weighted by Gasteiger charge is -2.29. The quantitative estimate of drug-likeness (QED) is 0.745. The number of primary amides is 1. The van der Waals surface area contributed by atoms with Crippen LogP contribution in [-0.4, -0.2) is 67.7 Å². The molecule has 1 amide bonds. The predicted octanol–water partition coefficient (Wildman–Crippen LogP) is -0.0956. The number of nitrogens with two attached hydrogens (primary N) is 1. The first kappa shape index (κ1) is 13.8. The van der Waals surface area contributed by atoms with Crippen molar-refractivity contribution in [1.82, 2.24) is 9.80 Å². The molecule has 2 aliphatic rings. The molecular weight excluding hydrogens is 230 g/mol. The van der Waals surface area contributed by atoms with Crippen molar-refractivity contribution in [1.29, 1.82) is 0 Å². The molecule has 18 heavy (non-hydrogen) atoms. The molecular formula is C13H25N3O2. The standard InChI is InChI=1S/C13H25N3O2/c1-2-12(13(14)17)16-4-3-11(10-16)9-15-5-7-18-8-6-15/h11-12H,2-10H2,1H3,(H2,14,17)/t11-,12+/m1/s1. The summed E-state index contributed by atoms with van der Waals surface area (Å²) in [4.78, 5) is 16.1. The second-order valence-corrected chi connectivity index (χ2v) is 5.39. The molecule has 2 heterocycles. The van der Waals surface area contributed by atoms with Crippen LogP contribution in [0.1, 0.15) is 19.8 Å². The molecule has 0 radical (unpaired) electrons. The summed E-state index contributed by atoms with van der Waals surface area (Å²) >= 11 is 0. The average Bonchev–Trinajstić information content (AvgIpc) is 2.79. The third kappa shape index (κ3) is 3.43. The Morgan fingerprint density at radius 2 is 2.11 bits per heavy atom. The predicted molar refractivity (Wildman–Crippen MR) is 70.2 cm³/mol. The van der Waals surface area contributed by atoms with Gasteiger partial charge >= 0.3 is 0 Å². The van der Waals surface area contributed by atoms with Crippen LogP contribution in [0.3, 0.4) is 0 Å². The average molecular weight is 255 g/mol. The number of hydrogen-bond acceptors (Lipinski definition) is 4. The maximum Gasteiger partial charge on any atom is 0.234 e. The topological polar surface area (TPSA) is 58.8 Å². The number of rotatable bonds is 5. The highest BCUT2D eigenvalue weighted by molar-refractivity contribution is 5.79. The number of carbonyl (C=O) groups is 1. The summed E-state index contributed by atoms with van der Waals surface area (Å²) in [6, 6.07) is -0.0697. The zero-order valence-electron chi connectivity index (χ0n) is 11.3. The van der Waals surface area contributed by atoms with Crippen molar-refractivity contribution in [3.8, 4) is 0 Å². The van der Waals surface area contributed by atoms with Crippen molar-refractivity contribution < 1.29 is 9.53 Å². The SMILES string of the molecule is CC[C@@H](C(N)=O)N1CC[C@H](CN2CCOCC2)C1. The number of likely N-dealkylation sites (tertiary alicyclic amines) is 1. The van der Waals surface area contributed by atoms with Crippen molar-refractivity contribution in [2.24, 2.45) is 11.7 Å². The summed E-state index contributed by atoms with van der Waals surface area (Å²) in [6.07, 6.45) is 2.00. The van der Waals surface area contributed by atoms with E-state index in [9.17, 15) is 4.79 Å². The van der Waals surface area contributed by atoms with E-state index in [1.54, 1.807) is 0 Å². The zero-order valence-corrected chi connectivity index (χ0v) is 11.3. The van der Waals surface area contributed by atoms with Gasteiger partial charge in [-0.05, 0) is 25.3 Å². The third-order valence-electron chi connectivity index (χ3n) is 4.09. The fourth-order valence-corrected chi connectivity index (χ4v) is 3.08. The molecule has 0 aliphatic carbocycles. The molecule has 0 aromatic rings. The maximum atomic E-state index is 11.4. The molecule has 104 valence electrons. The minimum absolute atomic E-state index is 0.0697. The van der Waals surface area contributed by atoms with E-state index in [0.29, 0.717) is 5.92 Å². The highest BCUT2D eigenvalue weighted by Crippen LogP contribution is 2.21. The largest absolute Gasteiger partial charge is 0.379 e. The molecule has 0 aromatic carbocycles. The van der Waals surface area contributed by atoms with Crippen molar-refractivity contribution in [2.45, 2.75) is 25.8 Å². The minimum Gasteiger partial charge on any atom is -0.379 e. The van der Waals surface area contributed by atoms with Gasteiger partial charge in [-0.3, -0.25) is 14.6 Å². The van der Waals surface area contributed by atoms with Gasteiger partial charge in [-0.15, -0.1) is 0 Å². The molecule has 0 bridgehead atoms. The van der Waals surface area contributed by atoms with Crippen molar-refractivity contribution in [3.63, 3.8) is 0 Å². The number of hydrogen-bond donors (Lipinski definition) is 1. The van der Waals surface area contributed by atoms with Crippen molar-refractivity contribution in [2.75, 3.05) is 45.9 Å². The Labute approximate surface area is 109 Å². The summed E-state index contributed by atoms with van der Waals surface area (Å²) in [5.74, 6) is 0.501. The van der Waals surface area contributed by atoms with E-state index in [1.807, 2.05) is 6.92 Å². The van der Waals surface area contributed by atoms with Crippen molar-refractivity contribution in [3.05, 3.63) is 0 Å². The molecule has 2 fully saturated rings. The number of nitrogens with zero attached hydrogens (tertiary/aromatic N) is 2. The smallest absolute Gasteiger partial charge is 0.234 e. The summed E-state index contributed by atoms with van der Waals surface area (Å²) < 4.78 is 5.36. The van der Waals surface area contributed by atoms with Crippen LogP contribution >= 0.6 is 0 Å². The van der Waals surface area contributed by atoms with E-state index >= 15 is 0 Å². The van der Waals surface area contributed by atoms with Crippen LogP contribution in [0.15, 0.2) is 0 Å². The fourth-order valence-electron chi connectivity index (χ4n) is 3.08. The van der Waals surface area contributed by atoms with E-state index < -0.39 is 0 Å². The van der Waals surface area contributed by atoms with Gasteiger partial charge in [0.2, 0.25) is 5.91 Å². The Morgan fingerprint density at radius 3 is 2.72 bits per heavy atom. The van der Waals surface area contributed by atoms with E-state index in [4.69, 9.17) is 10.5 Å². The van der Waals surface area contributed by atoms with Crippen LogP contribution in [0.5, 0.6) is 0 Å². The summed E-state index contributed by atoms with van der Waals surface area (Å²) in [6.45, 7) is 8.99. The number of carbonyl (C=O) groups excluding carboxylic acids is 1. The molecule has 2 atom stereocenters. The number of amides is 1. The van der Waals surface area contributed by atoms with Gasteiger partial charge in [0.05, 0.1) is 19.3 Å². The van der Waals surface area contributed by atoms with Gasteiger partial charge in [-0.2, -0.15) is 0 Å². The van der Waals surface area contributed by atoms with E-state index in [0.717, 1.165) is 52.4 Å². The first-order valence-corrected chi connectivity index (χ1v) is 7.04. The molecule has 5 heteroatoms. The minimum atomic E-state index is -0.176. The fraction of sp³-hybridized carbons (Fsp3) is 0.923. The Bertz CT molecular complexity index is 279. The number of ether oxygens (including phenoxy) is 1. The molecule has 0 aromatic heterocycles.